The Bertz CT molecular complexity index is 883. The Labute approximate surface area is 166 Å². The van der Waals surface area contributed by atoms with Crippen molar-refractivity contribution in [2.24, 2.45) is 0 Å². The molecule has 1 aliphatic heterocycles. The van der Waals surface area contributed by atoms with Crippen LogP contribution in [0.4, 0.5) is 0 Å². The van der Waals surface area contributed by atoms with E-state index in [0.29, 0.717) is 5.69 Å². The first-order valence-corrected chi connectivity index (χ1v) is 8.96. The Morgan fingerprint density at radius 3 is 2.28 bits per heavy atom. The molecule has 1 aliphatic rings. The summed E-state index contributed by atoms with van der Waals surface area (Å²) < 4.78 is 21.6. The van der Waals surface area contributed by atoms with Gasteiger partial charge in [0, 0.05) is 20.8 Å². The van der Waals surface area contributed by atoms with Crippen molar-refractivity contribution in [3.8, 4) is 5.69 Å². The molecular formula is C19H21N3O7. The Morgan fingerprint density at radius 1 is 1.00 bits per heavy atom. The molecule has 0 saturated carbocycles. The minimum absolute atomic E-state index is 0.172. The lowest BCUT2D eigenvalue weighted by atomic mass is 10.1. The second-order valence-corrected chi connectivity index (χ2v) is 6.44. The van der Waals surface area contributed by atoms with Crippen LogP contribution >= 0.6 is 0 Å². The summed E-state index contributed by atoms with van der Waals surface area (Å²) in [5.74, 6) is -1.68. The molecule has 0 amide bonds. The molecule has 2 heterocycles. The molecule has 1 fully saturated rings. The van der Waals surface area contributed by atoms with Gasteiger partial charge < -0.3 is 18.9 Å². The summed E-state index contributed by atoms with van der Waals surface area (Å²) in [5, 5.41) is 8.63. The molecule has 2 aromatic rings. The lowest BCUT2D eigenvalue weighted by Gasteiger charge is -2.22. The smallest absolute Gasteiger partial charge is 0.303 e. The number of aromatic nitrogens is 3. The van der Waals surface area contributed by atoms with Gasteiger partial charge in [-0.3, -0.25) is 14.4 Å². The van der Waals surface area contributed by atoms with E-state index in [9.17, 15) is 14.4 Å². The van der Waals surface area contributed by atoms with Gasteiger partial charge in [0.05, 0.1) is 11.9 Å². The maximum absolute atomic E-state index is 11.7. The topological polar surface area (TPSA) is 119 Å². The Balaban J connectivity index is 1.90. The third-order valence-corrected chi connectivity index (χ3v) is 4.15. The molecule has 3 rings (SSSR count). The van der Waals surface area contributed by atoms with E-state index in [1.165, 1.54) is 31.8 Å². The van der Waals surface area contributed by atoms with Crippen LogP contribution in [0, 0.1) is 0 Å². The van der Waals surface area contributed by atoms with Gasteiger partial charge in [0.1, 0.15) is 24.5 Å². The predicted octanol–water partition coefficient (Wildman–Crippen LogP) is 1.13. The zero-order valence-corrected chi connectivity index (χ0v) is 16.2. The lowest BCUT2D eigenvalue weighted by molar-refractivity contribution is -0.165. The highest BCUT2D eigenvalue weighted by molar-refractivity contribution is 5.68. The van der Waals surface area contributed by atoms with Gasteiger partial charge >= 0.3 is 17.9 Å². The summed E-state index contributed by atoms with van der Waals surface area (Å²) in [4.78, 5) is 35.9. The minimum Gasteiger partial charge on any atom is -0.463 e. The van der Waals surface area contributed by atoms with E-state index in [1.807, 2.05) is 30.3 Å². The number of carbonyl (C=O) groups excluding carboxylic acids is 3. The van der Waals surface area contributed by atoms with E-state index in [4.69, 9.17) is 18.9 Å². The normalized spacial score (nSPS) is 23.4. The SMILES string of the molecule is CC(=O)OC[C@H]1O[C@H](c2cnn(-c3ccccc3)n2)[C@@H](OC(C)=O)[C@H]1OC(C)=O. The van der Waals surface area contributed by atoms with E-state index < -0.39 is 42.3 Å². The van der Waals surface area contributed by atoms with Gasteiger partial charge in [-0.2, -0.15) is 15.0 Å². The van der Waals surface area contributed by atoms with Crippen molar-refractivity contribution in [3.63, 3.8) is 0 Å². The Hall–Kier alpha value is -3.27. The molecule has 0 aliphatic carbocycles. The van der Waals surface area contributed by atoms with Gasteiger partial charge in [-0.05, 0) is 12.1 Å². The summed E-state index contributed by atoms with van der Waals surface area (Å²) in [5.41, 5.74) is 1.11. The van der Waals surface area contributed by atoms with Crippen molar-refractivity contribution >= 4 is 17.9 Å². The number of para-hydroxylation sites is 1. The number of carbonyl (C=O) groups is 3. The fourth-order valence-corrected chi connectivity index (χ4v) is 3.04. The third-order valence-electron chi connectivity index (χ3n) is 4.15. The maximum Gasteiger partial charge on any atom is 0.303 e. The van der Waals surface area contributed by atoms with Crippen LogP contribution in [0.15, 0.2) is 36.5 Å². The Morgan fingerprint density at radius 2 is 1.66 bits per heavy atom. The van der Waals surface area contributed by atoms with Gasteiger partial charge in [-0.25, -0.2) is 0 Å². The quantitative estimate of drug-likeness (QED) is 0.516. The maximum atomic E-state index is 11.7. The average molecular weight is 403 g/mol. The molecule has 1 saturated heterocycles. The second kappa shape index (κ2) is 8.82. The summed E-state index contributed by atoms with van der Waals surface area (Å²) in [6, 6.07) is 9.21. The van der Waals surface area contributed by atoms with Crippen LogP contribution in [0.25, 0.3) is 5.69 Å². The molecule has 154 valence electrons. The van der Waals surface area contributed by atoms with Crippen molar-refractivity contribution in [1.82, 2.24) is 15.0 Å². The zero-order valence-electron chi connectivity index (χ0n) is 16.2. The fourth-order valence-electron chi connectivity index (χ4n) is 3.04. The van der Waals surface area contributed by atoms with Crippen LogP contribution < -0.4 is 0 Å². The zero-order chi connectivity index (χ0) is 21.0. The summed E-state index contributed by atoms with van der Waals surface area (Å²) in [7, 11) is 0. The summed E-state index contributed by atoms with van der Waals surface area (Å²) >= 11 is 0. The lowest BCUT2D eigenvalue weighted by Crippen LogP contribution is -2.40. The first kappa shape index (κ1) is 20.5. The molecule has 10 heteroatoms. The highest BCUT2D eigenvalue weighted by Crippen LogP contribution is 2.37. The third kappa shape index (κ3) is 4.96. The molecule has 29 heavy (non-hydrogen) atoms. The van der Waals surface area contributed by atoms with Crippen molar-refractivity contribution < 1.29 is 33.3 Å². The number of hydrogen-bond acceptors (Lipinski definition) is 9. The molecule has 10 nitrogen and oxygen atoms in total. The summed E-state index contributed by atoms with van der Waals surface area (Å²) in [6.45, 7) is 3.55. The predicted molar refractivity (Wildman–Crippen MR) is 96.7 cm³/mol. The minimum atomic E-state index is -0.974. The Kier molecular flexibility index (Phi) is 6.23. The van der Waals surface area contributed by atoms with Crippen molar-refractivity contribution in [3.05, 3.63) is 42.2 Å². The van der Waals surface area contributed by atoms with Crippen LogP contribution in [-0.2, 0) is 33.3 Å². The van der Waals surface area contributed by atoms with Crippen molar-refractivity contribution in [1.29, 1.82) is 0 Å². The summed E-state index contributed by atoms with van der Waals surface area (Å²) in [6.07, 6.45) is -2.16. The standard InChI is InChI=1S/C19H21N3O7/c1-11(23)26-10-16-18(27-12(2)24)19(28-13(3)25)17(29-16)15-9-20-22(21-15)14-7-5-4-6-8-14/h4-9,16-19H,10H2,1-3H3/t16-,17-,18+,19-/m1/s1. The molecule has 1 aromatic carbocycles. The van der Waals surface area contributed by atoms with E-state index in [2.05, 4.69) is 10.2 Å². The molecular weight excluding hydrogens is 382 g/mol. The van der Waals surface area contributed by atoms with Crippen LogP contribution in [0.2, 0.25) is 0 Å². The highest BCUT2D eigenvalue weighted by Gasteiger charge is 2.51. The van der Waals surface area contributed by atoms with E-state index >= 15 is 0 Å². The molecule has 0 spiro atoms. The van der Waals surface area contributed by atoms with Crippen LogP contribution in [0.5, 0.6) is 0 Å². The van der Waals surface area contributed by atoms with Gasteiger partial charge in [-0.15, -0.1) is 0 Å². The number of esters is 3. The number of ether oxygens (including phenoxy) is 4. The molecule has 0 bridgehead atoms. The number of benzene rings is 1. The largest absolute Gasteiger partial charge is 0.463 e. The first-order valence-electron chi connectivity index (χ1n) is 8.96. The van der Waals surface area contributed by atoms with Gasteiger partial charge in [0.15, 0.2) is 12.2 Å². The van der Waals surface area contributed by atoms with Crippen molar-refractivity contribution in [2.45, 2.75) is 45.2 Å². The van der Waals surface area contributed by atoms with Gasteiger partial charge in [-0.1, -0.05) is 18.2 Å². The van der Waals surface area contributed by atoms with Crippen LogP contribution in [0.1, 0.15) is 32.6 Å². The molecule has 0 radical (unpaired) electrons. The van der Waals surface area contributed by atoms with Gasteiger partial charge in [0.25, 0.3) is 0 Å². The first-order chi connectivity index (χ1) is 13.8. The molecule has 0 N–H and O–H groups in total. The fraction of sp³-hybridized carbons (Fsp3) is 0.421. The van der Waals surface area contributed by atoms with Crippen molar-refractivity contribution in [2.75, 3.05) is 6.61 Å². The number of hydrogen-bond donors (Lipinski definition) is 0. The van der Waals surface area contributed by atoms with Gasteiger partial charge in [0.2, 0.25) is 0 Å². The van der Waals surface area contributed by atoms with E-state index in [0.717, 1.165) is 5.69 Å². The van der Waals surface area contributed by atoms with E-state index in [1.54, 1.807) is 0 Å². The second-order valence-electron chi connectivity index (χ2n) is 6.44. The molecule has 4 atom stereocenters. The van der Waals surface area contributed by atoms with Crippen LogP contribution in [0.3, 0.4) is 0 Å². The number of nitrogens with zero attached hydrogens (tertiary/aromatic N) is 3. The molecule has 0 unspecified atom stereocenters. The monoisotopic (exact) mass is 403 g/mol. The van der Waals surface area contributed by atoms with E-state index in [-0.39, 0.29) is 6.61 Å². The average Bonchev–Trinajstić information content (AvgIpc) is 3.26. The molecule has 1 aromatic heterocycles. The highest BCUT2D eigenvalue weighted by atomic mass is 16.6. The number of rotatable bonds is 6. The van der Waals surface area contributed by atoms with Crippen LogP contribution in [-0.4, -0.2) is 57.8 Å².